The Hall–Kier alpha value is -2.03. The van der Waals surface area contributed by atoms with Crippen LogP contribution in [0.3, 0.4) is 0 Å². The van der Waals surface area contributed by atoms with Gasteiger partial charge in [0.15, 0.2) is 11.4 Å². The van der Waals surface area contributed by atoms with Gasteiger partial charge in [0.2, 0.25) is 0 Å². The zero-order valence-electron chi connectivity index (χ0n) is 12.7. The molecule has 126 valence electrons. The van der Waals surface area contributed by atoms with Crippen molar-refractivity contribution < 1.29 is 18.0 Å². The van der Waals surface area contributed by atoms with E-state index in [2.05, 4.69) is 10.2 Å². The molecule has 10 heteroatoms. The van der Waals surface area contributed by atoms with Crippen LogP contribution in [0.15, 0.2) is 12.3 Å². The third-order valence-corrected chi connectivity index (χ3v) is 3.67. The lowest BCUT2D eigenvalue weighted by atomic mass is 10.3. The monoisotopic (exact) mass is 349 g/mol. The molecule has 2 aromatic heterocycles. The van der Waals surface area contributed by atoms with Gasteiger partial charge in [-0.25, -0.2) is 0 Å². The second kappa shape index (κ2) is 6.23. The molecule has 0 fully saturated rings. The lowest BCUT2D eigenvalue weighted by Crippen LogP contribution is -2.28. The first-order valence-corrected chi connectivity index (χ1v) is 7.10. The Bertz CT molecular complexity index is 722. The van der Waals surface area contributed by atoms with Gasteiger partial charge in [-0.1, -0.05) is 11.6 Å². The Morgan fingerprint density at radius 3 is 2.61 bits per heavy atom. The summed E-state index contributed by atoms with van der Waals surface area (Å²) in [5, 5.41) is 7.00. The Morgan fingerprint density at radius 2 is 2.09 bits per heavy atom. The molecule has 23 heavy (non-hydrogen) atoms. The molecule has 0 saturated carbocycles. The molecule has 2 heterocycles. The van der Waals surface area contributed by atoms with Crippen LogP contribution < -0.4 is 0 Å². The summed E-state index contributed by atoms with van der Waals surface area (Å²) in [7, 11) is 2.56. The second-order valence-corrected chi connectivity index (χ2v) is 5.31. The second-order valence-electron chi connectivity index (χ2n) is 4.93. The molecule has 0 spiro atoms. The molecule has 2 rings (SSSR count). The van der Waals surface area contributed by atoms with E-state index < -0.39 is 28.5 Å². The van der Waals surface area contributed by atoms with Crippen molar-refractivity contribution in [1.82, 2.24) is 24.5 Å². The van der Waals surface area contributed by atoms with E-state index in [4.69, 9.17) is 11.6 Å². The SMILES string of the molecule is CCn1nccc1CN(C)C(=O)c1nn(C)c(C(F)(F)F)c1Cl. The molecular weight excluding hydrogens is 335 g/mol. The summed E-state index contributed by atoms with van der Waals surface area (Å²) in [4.78, 5) is 13.6. The Morgan fingerprint density at radius 1 is 1.43 bits per heavy atom. The lowest BCUT2D eigenvalue weighted by molar-refractivity contribution is -0.143. The smallest absolute Gasteiger partial charge is 0.334 e. The maximum atomic E-state index is 12.9. The van der Waals surface area contributed by atoms with E-state index in [9.17, 15) is 18.0 Å². The Kier molecular flexibility index (Phi) is 4.69. The van der Waals surface area contributed by atoms with Crippen molar-refractivity contribution in [1.29, 1.82) is 0 Å². The van der Waals surface area contributed by atoms with Crippen LogP contribution in [0.5, 0.6) is 0 Å². The number of rotatable bonds is 4. The summed E-state index contributed by atoms with van der Waals surface area (Å²) in [6, 6.07) is 1.73. The molecule has 2 aromatic rings. The maximum Gasteiger partial charge on any atom is 0.434 e. The number of aryl methyl sites for hydroxylation is 2. The van der Waals surface area contributed by atoms with Crippen molar-refractivity contribution in [3.63, 3.8) is 0 Å². The van der Waals surface area contributed by atoms with Gasteiger partial charge in [0, 0.05) is 26.8 Å². The molecule has 6 nitrogen and oxygen atoms in total. The summed E-state index contributed by atoms with van der Waals surface area (Å²) in [5.74, 6) is -0.690. The molecule has 0 radical (unpaired) electrons. The average Bonchev–Trinajstić information content (AvgIpc) is 3.01. The first-order chi connectivity index (χ1) is 10.7. The fraction of sp³-hybridized carbons (Fsp3) is 0.462. The van der Waals surface area contributed by atoms with E-state index in [-0.39, 0.29) is 6.54 Å². The van der Waals surface area contributed by atoms with Crippen LogP contribution in [-0.4, -0.2) is 37.4 Å². The maximum absolute atomic E-state index is 12.9. The van der Waals surface area contributed by atoms with Crippen LogP contribution in [0.25, 0.3) is 0 Å². The molecule has 0 aromatic carbocycles. The Labute approximate surface area is 135 Å². The van der Waals surface area contributed by atoms with Crippen molar-refractivity contribution in [2.24, 2.45) is 7.05 Å². The number of carbonyl (C=O) groups excluding carboxylic acids is 1. The highest BCUT2D eigenvalue weighted by Crippen LogP contribution is 2.36. The normalized spacial score (nSPS) is 11.8. The molecule has 1 amide bonds. The lowest BCUT2D eigenvalue weighted by Gasteiger charge is -2.16. The molecule has 0 aliphatic rings. The van der Waals surface area contributed by atoms with E-state index in [0.29, 0.717) is 11.2 Å². The van der Waals surface area contributed by atoms with Crippen molar-refractivity contribution in [3.8, 4) is 0 Å². The number of hydrogen-bond donors (Lipinski definition) is 0. The zero-order valence-corrected chi connectivity index (χ0v) is 13.5. The van der Waals surface area contributed by atoms with Crippen LogP contribution >= 0.6 is 11.6 Å². The Balaban J connectivity index is 2.27. The van der Waals surface area contributed by atoms with E-state index in [0.717, 1.165) is 12.7 Å². The predicted molar refractivity (Wildman–Crippen MR) is 76.9 cm³/mol. The summed E-state index contributed by atoms with van der Waals surface area (Å²) in [6.07, 6.45) is -3.09. The minimum atomic E-state index is -4.68. The first-order valence-electron chi connectivity index (χ1n) is 6.72. The van der Waals surface area contributed by atoms with Gasteiger partial charge in [-0.3, -0.25) is 14.2 Å². The number of hydrogen-bond acceptors (Lipinski definition) is 3. The summed E-state index contributed by atoms with van der Waals surface area (Å²) < 4.78 is 41.0. The van der Waals surface area contributed by atoms with Gasteiger partial charge >= 0.3 is 6.18 Å². The highest BCUT2D eigenvalue weighted by atomic mass is 35.5. The fourth-order valence-electron chi connectivity index (χ4n) is 2.22. The van der Waals surface area contributed by atoms with Crippen LogP contribution in [0, 0.1) is 0 Å². The molecule has 0 saturated heterocycles. The van der Waals surface area contributed by atoms with Crippen LogP contribution in [-0.2, 0) is 26.3 Å². The van der Waals surface area contributed by atoms with Gasteiger partial charge < -0.3 is 4.90 Å². The van der Waals surface area contributed by atoms with Gasteiger partial charge in [-0.05, 0) is 13.0 Å². The summed E-state index contributed by atoms with van der Waals surface area (Å²) in [6.45, 7) is 2.69. The number of aromatic nitrogens is 4. The fourth-order valence-corrected chi connectivity index (χ4v) is 2.57. The van der Waals surface area contributed by atoms with Crippen LogP contribution in [0.1, 0.15) is 28.8 Å². The quantitative estimate of drug-likeness (QED) is 0.852. The molecular formula is C13H15ClF3N5O. The predicted octanol–water partition coefficient (Wildman–Crippen LogP) is 2.58. The van der Waals surface area contributed by atoms with E-state index in [1.54, 1.807) is 16.9 Å². The van der Waals surface area contributed by atoms with Gasteiger partial charge in [0.1, 0.15) is 5.02 Å². The molecule has 0 N–H and O–H groups in total. The van der Waals surface area contributed by atoms with Crippen molar-refractivity contribution in [2.75, 3.05) is 7.05 Å². The first kappa shape index (κ1) is 17.3. The molecule has 0 aliphatic carbocycles. The molecule has 0 bridgehead atoms. The molecule has 0 aliphatic heterocycles. The number of amides is 1. The van der Waals surface area contributed by atoms with Crippen molar-refractivity contribution in [2.45, 2.75) is 26.2 Å². The topological polar surface area (TPSA) is 56.0 Å². The highest BCUT2D eigenvalue weighted by Gasteiger charge is 2.40. The third-order valence-electron chi connectivity index (χ3n) is 3.31. The number of alkyl halides is 3. The van der Waals surface area contributed by atoms with Gasteiger partial charge in [0.25, 0.3) is 5.91 Å². The third kappa shape index (κ3) is 3.34. The molecule has 0 unspecified atom stereocenters. The van der Waals surface area contributed by atoms with Crippen LogP contribution in [0.2, 0.25) is 5.02 Å². The average molecular weight is 350 g/mol. The van der Waals surface area contributed by atoms with E-state index in [1.807, 2.05) is 6.92 Å². The van der Waals surface area contributed by atoms with Crippen molar-refractivity contribution in [3.05, 3.63) is 34.4 Å². The van der Waals surface area contributed by atoms with E-state index in [1.165, 1.54) is 11.9 Å². The molecule has 0 atom stereocenters. The van der Waals surface area contributed by atoms with Gasteiger partial charge in [0.05, 0.1) is 12.2 Å². The number of nitrogens with zero attached hydrogens (tertiary/aromatic N) is 5. The number of carbonyl (C=O) groups is 1. The summed E-state index contributed by atoms with van der Waals surface area (Å²) >= 11 is 5.73. The standard InChI is InChI=1S/C13H15ClF3N5O/c1-4-22-8(5-6-18-22)7-20(2)12(23)10-9(14)11(13(15,16)17)21(3)19-10/h5-6H,4,7H2,1-3H3. The van der Waals surface area contributed by atoms with Gasteiger partial charge in [-0.2, -0.15) is 23.4 Å². The van der Waals surface area contributed by atoms with Gasteiger partial charge in [-0.15, -0.1) is 0 Å². The van der Waals surface area contributed by atoms with Crippen LogP contribution in [0.4, 0.5) is 13.2 Å². The van der Waals surface area contributed by atoms with Crippen molar-refractivity contribution >= 4 is 17.5 Å². The highest BCUT2D eigenvalue weighted by molar-refractivity contribution is 6.34. The minimum absolute atomic E-state index is 0.181. The zero-order chi connectivity index (χ0) is 17.4. The largest absolute Gasteiger partial charge is 0.434 e. The number of halogens is 4. The van der Waals surface area contributed by atoms with E-state index >= 15 is 0 Å². The minimum Gasteiger partial charge on any atom is -0.334 e. The summed E-state index contributed by atoms with van der Waals surface area (Å²) in [5.41, 5.74) is -0.812.